The summed E-state index contributed by atoms with van der Waals surface area (Å²) in [6, 6.07) is 9.01. The van der Waals surface area contributed by atoms with Crippen molar-refractivity contribution < 1.29 is 4.74 Å². The summed E-state index contributed by atoms with van der Waals surface area (Å²) >= 11 is 3.49. The van der Waals surface area contributed by atoms with Crippen molar-refractivity contribution in [2.24, 2.45) is 0 Å². The molecule has 2 atom stereocenters. The Balaban J connectivity index is 1.92. The molecule has 1 N–H and O–H groups in total. The number of hydrogen-bond acceptors (Lipinski definition) is 3. The van der Waals surface area contributed by atoms with Crippen LogP contribution in [0.4, 0.5) is 0 Å². The molecule has 3 nitrogen and oxygen atoms in total. The molecule has 1 aromatic carbocycles. The minimum absolute atomic E-state index is 0.0373. The molecule has 1 aliphatic rings. The average Bonchev–Trinajstić information content (AvgIpc) is 2.39. The molecule has 1 aliphatic heterocycles. The van der Waals surface area contributed by atoms with Crippen LogP contribution in [-0.4, -0.2) is 43.3 Å². The molecular formula is C17H27BrN2O. The number of morpholine rings is 1. The largest absolute Gasteiger partial charge is 0.370 e. The maximum Gasteiger partial charge on any atom is 0.0757 e. The third kappa shape index (κ3) is 5.06. The molecule has 0 aromatic heterocycles. The van der Waals surface area contributed by atoms with Crippen LogP contribution in [0.25, 0.3) is 0 Å². The van der Waals surface area contributed by atoms with E-state index in [2.05, 4.69) is 71.2 Å². The van der Waals surface area contributed by atoms with Gasteiger partial charge in [0.2, 0.25) is 0 Å². The summed E-state index contributed by atoms with van der Waals surface area (Å²) in [5.74, 6) is 0. The summed E-state index contributed by atoms with van der Waals surface area (Å²) in [7, 11) is 2.04. The second-order valence-corrected chi connectivity index (χ2v) is 7.52. The van der Waals surface area contributed by atoms with Gasteiger partial charge in [0.1, 0.15) is 0 Å². The summed E-state index contributed by atoms with van der Waals surface area (Å²) in [5, 5.41) is 3.44. The minimum atomic E-state index is -0.0373. The Labute approximate surface area is 137 Å². The molecule has 0 saturated carbocycles. The molecule has 21 heavy (non-hydrogen) atoms. The van der Waals surface area contributed by atoms with Gasteiger partial charge in [-0.05, 0) is 51.9 Å². The van der Waals surface area contributed by atoms with Gasteiger partial charge in [0.15, 0.2) is 0 Å². The highest BCUT2D eigenvalue weighted by atomic mass is 79.9. The summed E-state index contributed by atoms with van der Waals surface area (Å²) in [6.07, 6.45) is 1.43. The normalized spacial score (nSPS) is 24.0. The Morgan fingerprint density at radius 1 is 1.38 bits per heavy atom. The van der Waals surface area contributed by atoms with Gasteiger partial charge in [0.25, 0.3) is 0 Å². The first-order chi connectivity index (χ1) is 9.89. The van der Waals surface area contributed by atoms with Crippen LogP contribution in [0.15, 0.2) is 28.7 Å². The van der Waals surface area contributed by atoms with Crippen molar-refractivity contribution in [3.63, 3.8) is 0 Å². The molecule has 1 heterocycles. The van der Waals surface area contributed by atoms with Crippen LogP contribution in [-0.2, 0) is 4.74 Å². The Morgan fingerprint density at radius 2 is 2.05 bits per heavy atom. The molecule has 0 bridgehead atoms. The number of halogens is 1. The zero-order valence-electron chi connectivity index (χ0n) is 13.5. The zero-order valence-corrected chi connectivity index (χ0v) is 15.1. The molecule has 118 valence electrons. The second kappa shape index (κ2) is 7.23. The zero-order chi connectivity index (χ0) is 15.5. The van der Waals surface area contributed by atoms with Gasteiger partial charge in [-0.15, -0.1) is 0 Å². The molecule has 0 amide bonds. The van der Waals surface area contributed by atoms with Crippen molar-refractivity contribution >= 4 is 15.9 Å². The SMILES string of the molecule is CNC(CCN1CC(C)OC(C)(C)C1)c1ccc(Br)cc1. The van der Waals surface area contributed by atoms with E-state index in [0.717, 1.165) is 30.5 Å². The van der Waals surface area contributed by atoms with Crippen molar-refractivity contribution in [2.45, 2.75) is 44.9 Å². The van der Waals surface area contributed by atoms with Gasteiger partial charge in [0, 0.05) is 30.1 Å². The lowest BCUT2D eigenvalue weighted by molar-refractivity contribution is -0.129. The molecule has 0 spiro atoms. The number of hydrogen-bond donors (Lipinski definition) is 1. The number of ether oxygens (including phenoxy) is 1. The predicted octanol–water partition coefficient (Wildman–Crippen LogP) is 3.60. The summed E-state index contributed by atoms with van der Waals surface area (Å²) in [5.41, 5.74) is 1.31. The Morgan fingerprint density at radius 3 is 2.62 bits per heavy atom. The molecule has 0 aliphatic carbocycles. The third-order valence-corrected chi connectivity index (χ3v) is 4.52. The first kappa shape index (κ1) is 16.9. The Kier molecular flexibility index (Phi) is 5.83. The van der Waals surface area contributed by atoms with Crippen LogP contribution < -0.4 is 5.32 Å². The lowest BCUT2D eigenvalue weighted by atomic mass is 10.0. The van der Waals surface area contributed by atoms with Crippen molar-refractivity contribution in [1.29, 1.82) is 0 Å². The van der Waals surface area contributed by atoms with Gasteiger partial charge < -0.3 is 10.1 Å². The summed E-state index contributed by atoms with van der Waals surface area (Å²) < 4.78 is 7.10. The monoisotopic (exact) mass is 354 g/mol. The van der Waals surface area contributed by atoms with Crippen LogP contribution in [0.3, 0.4) is 0 Å². The molecule has 1 aromatic rings. The Hall–Kier alpha value is -0.420. The van der Waals surface area contributed by atoms with Gasteiger partial charge >= 0.3 is 0 Å². The van der Waals surface area contributed by atoms with E-state index in [1.54, 1.807) is 0 Å². The molecule has 4 heteroatoms. The minimum Gasteiger partial charge on any atom is -0.370 e. The molecule has 1 saturated heterocycles. The van der Waals surface area contributed by atoms with E-state index in [0.29, 0.717) is 12.1 Å². The maximum absolute atomic E-state index is 5.97. The van der Waals surface area contributed by atoms with Crippen LogP contribution >= 0.6 is 15.9 Å². The summed E-state index contributed by atoms with van der Waals surface area (Å²) in [4.78, 5) is 2.53. The lowest BCUT2D eigenvalue weighted by Gasteiger charge is -2.42. The predicted molar refractivity (Wildman–Crippen MR) is 91.6 cm³/mol. The van der Waals surface area contributed by atoms with Gasteiger partial charge in [-0.25, -0.2) is 0 Å². The van der Waals surface area contributed by atoms with Gasteiger partial charge in [-0.2, -0.15) is 0 Å². The van der Waals surface area contributed by atoms with Crippen molar-refractivity contribution in [1.82, 2.24) is 10.2 Å². The fourth-order valence-corrected chi connectivity index (χ4v) is 3.50. The topological polar surface area (TPSA) is 24.5 Å². The maximum atomic E-state index is 5.97. The van der Waals surface area contributed by atoms with Crippen molar-refractivity contribution in [3.8, 4) is 0 Å². The highest BCUT2D eigenvalue weighted by Gasteiger charge is 2.31. The number of benzene rings is 1. The van der Waals surface area contributed by atoms with E-state index in [4.69, 9.17) is 4.74 Å². The second-order valence-electron chi connectivity index (χ2n) is 6.60. The van der Waals surface area contributed by atoms with Gasteiger partial charge in [-0.1, -0.05) is 28.1 Å². The molecule has 1 fully saturated rings. The fourth-order valence-electron chi connectivity index (χ4n) is 3.24. The Bertz CT molecular complexity index is 447. The van der Waals surface area contributed by atoms with E-state index in [1.807, 2.05) is 7.05 Å². The van der Waals surface area contributed by atoms with Gasteiger partial charge in [-0.3, -0.25) is 4.90 Å². The highest BCUT2D eigenvalue weighted by molar-refractivity contribution is 9.10. The average molecular weight is 355 g/mol. The first-order valence-corrected chi connectivity index (χ1v) is 8.52. The first-order valence-electron chi connectivity index (χ1n) is 7.72. The number of rotatable bonds is 5. The quantitative estimate of drug-likeness (QED) is 0.874. The smallest absolute Gasteiger partial charge is 0.0757 e. The molecular weight excluding hydrogens is 328 g/mol. The summed E-state index contributed by atoms with van der Waals surface area (Å²) in [6.45, 7) is 9.66. The van der Waals surface area contributed by atoms with Crippen LogP contribution in [0.5, 0.6) is 0 Å². The van der Waals surface area contributed by atoms with Crippen LogP contribution in [0, 0.1) is 0 Å². The molecule has 0 radical (unpaired) electrons. The molecule has 2 rings (SSSR count). The van der Waals surface area contributed by atoms with E-state index in [1.165, 1.54) is 5.56 Å². The lowest BCUT2D eigenvalue weighted by Crippen LogP contribution is -2.52. The highest BCUT2D eigenvalue weighted by Crippen LogP contribution is 2.23. The van der Waals surface area contributed by atoms with E-state index in [-0.39, 0.29) is 5.60 Å². The van der Waals surface area contributed by atoms with Crippen LogP contribution in [0.2, 0.25) is 0 Å². The molecule has 2 unspecified atom stereocenters. The van der Waals surface area contributed by atoms with Crippen LogP contribution in [0.1, 0.15) is 38.8 Å². The standard InChI is InChI=1S/C17H27BrN2O/c1-13-11-20(12-17(2,3)21-13)10-9-16(19-4)14-5-7-15(18)8-6-14/h5-8,13,16,19H,9-12H2,1-4H3. The van der Waals surface area contributed by atoms with E-state index in [9.17, 15) is 0 Å². The van der Waals surface area contributed by atoms with E-state index < -0.39 is 0 Å². The van der Waals surface area contributed by atoms with Gasteiger partial charge in [0.05, 0.1) is 11.7 Å². The fraction of sp³-hybridized carbons (Fsp3) is 0.647. The van der Waals surface area contributed by atoms with Crippen molar-refractivity contribution in [2.75, 3.05) is 26.7 Å². The number of nitrogens with one attached hydrogen (secondary N) is 1. The van der Waals surface area contributed by atoms with Crippen molar-refractivity contribution in [3.05, 3.63) is 34.3 Å². The number of nitrogens with zero attached hydrogens (tertiary/aromatic N) is 1. The van der Waals surface area contributed by atoms with E-state index >= 15 is 0 Å². The third-order valence-electron chi connectivity index (χ3n) is 3.99.